The number of rotatable bonds is 5. The summed E-state index contributed by atoms with van der Waals surface area (Å²) in [4.78, 5) is 12.5. The maximum absolute atomic E-state index is 12.6. The molecule has 0 saturated carbocycles. The highest BCUT2D eigenvalue weighted by molar-refractivity contribution is 9.10. The normalized spacial score (nSPS) is 12.5. The fourth-order valence-electron chi connectivity index (χ4n) is 1.23. The molecule has 1 heterocycles. The quantitative estimate of drug-likeness (QED) is 0.842. The van der Waals surface area contributed by atoms with E-state index in [9.17, 15) is 18.0 Å². The molecule has 7 heteroatoms. The fraction of sp³-hybridized carbons (Fsp3) is 0.583. The van der Waals surface area contributed by atoms with Gasteiger partial charge in [0, 0.05) is 27.7 Å². The summed E-state index contributed by atoms with van der Waals surface area (Å²) >= 11 is 4.82. The summed E-state index contributed by atoms with van der Waals surface area (Å²) in [5.41, 5.74) is -1.91. The summed E-state index contributed by atoms with van der Waals surface area (Å²) in [6.07, 6.45) is -3.59. The van der Waals surface area contributed by atoms with Crippen LogP contribution in [0.2, 0.25) is 0 Å². The van der Waals surface area contributed by atoms with Crippen LogP contribution in [-0.2, 0) is 11.2 Å². The van der Waals surface area contributed by atoms with E-state index in [1.54, 1.807) is 0 Å². The van der Waals surface area contributed by atoms with Gasteiger partial charge in [-0.3, -0.25) is 4.79 Å². The molecule has 1 N–H and O–H groups in total. The van der Waals surface area contributed by atoms with Crippen LogP contribution in [0.4, 0.5) is 13.2 Å². The molecule has 0 aromatic carbocycles. The van der Waals surface area contributed by atoms with Gasteiger partial charge in [0.2, 0.25) is 5.91 Å². The molecule has 0 aliphatic carbocycles. The minimum Gasteiger partial charge on any atom is -0.355 e. The maximum atomic E-state index is 12.6. The second kappa shape index (κ2) is 6.26. The van der Waals surface area contributed by atoms with Crippen molar-refractivity contribution in [3.05, 3.63) is 20.8 Å². The Balaban J connectivity index is 2.36. The Bertz CT molecular complexity index is 442. The van der Waals surface area contributed by atoms with Gasteiger partial charge in [-0.2, -0.15) is 13.2 Å². The number of aryl methyl sites for hydroxylation is 1. The van der Waals surface area contributed by atoms with Crippen LogP contribution >= 0.6 is 27.3 Å². The van der Waals surface area contributed by atoms with Crippen LogP contribution in [-0.4, -0.2) is 18.6 Å². The SMILES string of the molecule is CC(C)(CNC(=O)CCc1cc(Br)cs1)C(F)(F)F. The third-order valence-corrected chi connectivity index (χ3v) is 4.47. The zero-order valence-electron chi connectivity index (χ0n) is 10.6. The highest BCUT2D eigenvalue weighted by Crippen LogP contribution is 2.36. The standard InChI is InChI=1S/C12H15BrF3NOS/c1-11(2,12(14,15)16)7-17-10(18)4-3-9-5-8(13)6-19-9/h5-6H,3-4,7H2,1-2H3,(H,17,18). The molecule has 0 atom stereocenters. The van der Waals surface area contributed by atoms with Crippen molar-refractivity contribution in [3.63, 3.8) is 0 Å². The summed E-state index contributed by atoms with van der Waals surface area (Å²) in [6, 6.07) is 1.90. The summed E-state index contributed by atoms with van der Waals surface area (Å²) in [5, 5.41) is 4.24. The first-order valence-corrected chi connectivity index (χ1v) is 7.35. The molecule has 1 rings (SSSR count). The van der Waals surface area contributed by atoms with Gasteiger partial charge in [0.15, 0.2) is 0 Å². The topological polar surface area (TPSA) is 29.1 Å². The van der Waals surface area contributed by atoms with E-state index < -0.39 is 18.1 Å². The molecule has 0 bridgehead atoms. The van der Waals surface area contributed by atoms with Crippen LogP contribution in [0, 0.1) is 5.41 Å². The lowest BCUT2D eigenvalue weighted by atomic mass is 9.93. The smallest absolute Gasteiger partial charge is 0.355 e. The second-order valence-corrected chi connectivity index (χ2v) is 6.80. The Morgan fingerprint density at radius 2 is 2.05 bits per heavy atom. The van der Waals surface area contributed by atoms with Gasteiger partial charge in [-0.25, -0.2) is 0 Å². The van der Waals surface area contributed by atoms with Crippen molar-refractivity contribution < 1.29 is 18.0 Å². The van der Waals surface area contributed by atoms with Crippen molar-refractivity contribution in [2.45, 2.75) is 32.9 Å². The Morgan fingerprint density at radius 3 is 2.53 bits per heavy atom. The molecule has 2 nitrogen and oxygen atoms in total. The third-order valence-electron chi connectivity index (χ3n) is 2.72. The zero-order chi connectivity index (χ0) is 14.7. The minimum atomic E-state index is -4.32. The van der Waals surface area contributed by atoms with Gasteiger partial charge < -0.3 is 5.32 Å². The number of carbonyl (C=O) groups is 1. The van der Waals surface area contributed by atoms with Gasteiger partial charge in [0.1, 0.15) is 0 Å². The average Bonchev–Trinajstić information content (AvgIpc) is 2.68. The molecule has 0 aliphatic rings. The first kappa shape index (κ1) is 16.5. The highest BCUT2D eigenvalue weighted by atomic mass is 79.9. The number of amides is 1. The van der Waals surface area contributed by atoms with Crippen molar-refractivity contribution in [3.8, 4) is 0 Å². The first-order chi connectivity index (χ1) is 8.62. The first-order valence-electron chi connectivity index (χ1n) is 5.68. The van der Waals surface area contributed by atoms with Gasteiger partial charge >= 0.3 is 6.18 Å². The largest absolute Gasteiger partial charge is 0.395 e. The van der Waals surface area contributed by atoms with E-state index in [4.69, 9.17) is 0 Å². The van der Waals surface area contributed by atoms with E-state index in [1.807, 2.05) is 11.4 Å². The fourth-order valence-corrected chi connectivity index (χ4v) is 2.68. The maximum Gasteiger partial charge on any atom is 0.395 e. The molecule has 0 radical (unpaired) electrons. The van der Waals surface area contributed by atoms with E-state index in [0.29, 0.717) is 6.42 Å². The van der Waals surface area contributed by atoms with Gasteiger partial charge in [-0.05, 0) is 42.3 Å². The van der Waals surface area contributed by atoms with E-state index >= 15 is 0 Å². The molecule has 108 valence electrons. The Morgan fingerprint density at radius 1 is 1.42 bits per heavy atom. The van der Waals surface area contributed by atoms with E-state index in [2.05, 4.69) is 21.2 Å². The summed E-state index contributed by atoms with van der Waals surface area (Å²) in [7, 11) is 0. The molecule has 0 spiro atoms. The number of carbonyl (C=O) groups excluding carboxylic acids is 1. The van der Waals surface area contributed by atoms with E-state index in [0.717, 1.165) is 23.2 Å². The number of alkyl halides is 3. The molecule has 0 unspecified atom stereocenters. The van der Waals surface area contributed by atoms with Crippen LogP contribution in [0.1, 0.15) is 25.1 Å². The molecule has 0 fully saturated rings. The number of thiophene rings is 1. The lowest BCUT2D eigenvalue weighted by Gasteiger charge is -2.27. The third kappa shape index (κ3) is 5.14. The molecule has 1 amide bonds. The monoisotopic (exact) mass is 357 g/mol. The molecule has 19 heavy (non-hydrogen) atoms. The van der Waals surface area contributed by atoms with Gasteiger partial charge in [0.25, 0.3) is 0 Å². The predicted molar refractivity (Wildman–Crippen MR) is 73.2 cm³/mol. The molecule has 1 aromatic rings. The number of halogens is 4. The van der Waals surface area contributed by atoms with Crippen molar-refractivity contribution in [2.24, 2.45) is 5.41 Å². The van der Waals surface area contributed by atoms with Crippen molar-refractivity contribution in [1.29, 1.82) is 0 Å². The van der Waals surface area contributed by atoms with Crippen LogP contribution < -0.4 is 5.32 Å². The highest BCUT2D eigenvalue weighted by Gasteiger charge is 2.47. The molecular formula is C12H15BrF3NOS. The minimum absolute atomic E-state index is 0.195. The zero-order valence-corrected chi connectivity index (χ0v) is 13.0. The molecule has 1 aromatic heterocycles. The number of hydrogen-bond donors (Lipinski definition) is 1. The molecular weight excluding hydrogens is 343 g/mol. The van der Waals surface area contributed by atoms with Gasteiger partial charge in [0.05, 0.1) is 5.41 Å². The number of nitrogens with one attached hydrogen (secondary N) is 1. The van der Waals surface area contributed by atoms with E-state index in [-0.39, 0.29) is 12.3 Å². The molecule has 0 aliphatic heterocycles. The Kier molecular flexibility index (Phi) is 5.43. The second-order valence-electron chi connectivity index (χ2n) is 4.89. The van der Waals surface area contributed by atoms with Gasteiger partial charge in [-0.1, -0.05) is 0 Å². The lowest BCUT2D eigenvalue weighted by molar-refractivity contribution is -0.209. The number of hydrogen-bond acceptors (Lipinski definition) is 2. The lowest BCUT2D eigenvalue weighted by Crippen LogP contribution is -2.43. The predicted octanol–water partition coefficient (Wildman–Crippen LogP) is 4.15. The van der Waals surface area contributed by atoms with Crippen LogP contribution in [0.25, 0.3) is 0 Å². The average molecular weight is 358 g/mol. The van der Waals surface area contributed by atoms with Gasteiger partial charge in [-0.15, -0.1) is 11.3 Å². The Hall–Kier alpha value is -0.560. The summed E-state index contributed by atoms with van der Waals surface area (Å²) in [5.74, 6) is -0.359. The van der Waals surface area contributed by atoms with E-state index in [1.165, 1.54) is 11.3 Å². The van der Waals surface area contributed by atoms with Crippen molar-refractivity contribution in [2.75, 3.05) is 6.54 Å². The van der Waals surface area contributed by atoms with Crippen LogP contribution in [0.5, 0.6) is 0 Å². The molecule has 0 saturated heterocycles. The van der Waals surface area contributed by atoms with Crippen LogP contribution in [0.15, 0.2) is 15.9 Å². The van der Waals surface area contributed by atoms with Crippen molar-refractivity contribution in [1.82, 2.24) is 5.32 Å². The Labute approximate surface area is 122 Å². The van der Waals surface area contributed by atoms with Crippen molar-refractivity contribution >= 4 is 33.2 Å². The van der Waals surface area contributed by atoms with Crippen LogP contribution in [0.3, 0.4) is 0 Å². The summed E-state index contributed by atoms with van der Waals surface area (Å²) in [6.45, 7) is 1.75. The summed E-state index contributed by atoms with van der Waals surface area (Å²) < 4.78 is 38.7.